The second-order valence-corrected chi connectivity index (χ2v) is 9.86. The monoisotopic (exact) mass is 532 g/mol. The number of esters is 2. The molecule has 1 aliphatic rings. The highest BCUT2D eigenvalue weighted by atomic mass is 35.5. The topological polar surface area (TPSA) is 102 Å². The van der Waals surface area contributed by atoms with Crippen LogP contribution in [0.25, 0.3) is 0 Å². The van der Waals surface area contributed by atoms with Crippen LogP contribution in [0.2, 0.25) is 0 Å². The number of carbonyl (C=O) groups excluding carboxylic acids is 4. The average molecular weight is 533 g/mol. The Balaban J connectivity index is 1.52. The number of carbonyl (C=O) groups is 4. The normalized spacial score (nSPS) is 13.6. The van der Waals surface area contributed by atoms with Gasteiger partial charge in [-0.15, -0.1) is 0 Å². The van der Waals surface area contributed by atoms with Crippen LogP contribution in [-0.4, -0.2) is 30.9 Å². The Morgan fingerprint density at radius 3 is 2.13 bits per heavy atom. The second-order valence-electron chi connectivity index (χ2n) is 9.48. The third kappa shape index (κ3) is 5.17. The van der Waals surface area contributed by atoms with Crippen molar-refractivity contribution in [2.75, 3.05) is 17.3 Å². The number of para-hydroxylation sites is 2. The summed E-state index contributed by atoms with van der Waals surface area (Å²) < 4.78 is 10.4. The Morgan fingerprint density at radius 2 is 1.47 bits per heavy atom. The number of nitrogens with one attached hydrogen (secondary N) is 1. The molecular weight excluding hydrogens is 508 g/mol. The number of benzene rings is 3. The number of hydrogen-bond acceptors (Lipinski definition) is 7. The summed E-state index contributed by atoms with van der Waals surface area (Å²) in [4.78, 5) is 51.8. The average Bonchev–Trinajstić information content (AvgIpc) is 3.11. The Labute approximate surface area is 224 Å². The summed E-state index contributed by atoms with van der Waals surface area (Å²) in [6.45, 7) is 6.10. The largest absolute Gasteiger partial charge is 0.465 e. The molecule has 0 fully saturated rings. The first-order valence-corrected chi connectivity index (χ1v) is 12.1. The molecule has 0 atom stereocenters. The highest BCUT2D eigenvalue weighted by Crippen LogP contribution is 2.33. The first-order chi connectivity index (χ1) is 18.0. The van der Waals surface area contributed by atoms with E-state index < -0.39 is 23.8 Å². The van der Waals surface area contributed by atoms with Crippen LogP contribution >= 0.6 is 11.6 Å². The van der Waals surface area contributed by atoms with Gasteiger partial charge in [-0.25, -0.2) is 14.5 Å². The summed E-state index contributed by atoms with van der Waals surface area (Å²) in [5.41, 5.74) is 1.32. The molecule has 1 aliphatic heterocycles. The van der Waals surface area contributed by atoms with E-state index in [2.05, 4.69) is 5.32 Å². The maximum Gasteiger partial charge on any atom is 0.343 e. The quantitative estimate of drug-likeness (QED) is 0.257. The van der Waals surface area contributed by atoms with Crippen molar-refractivity contribution in [3.05, 3.63) is 100 Å². The van der Waals surface area contributed by atoms with Gasteiger partial charge in [0, 0.05) is 11.3 Å². The number of ether oxygens (including phenoxy) is 2. The zero-order chi connectivity index (χ0) is 27.6. The summed E-state index contributed by atoms with van der Waals surface area (Å²) in [7, 11) is 1.20. The SMILES string of the molecule is COC(=O)c1ccccc1N1C(=O)C(Cl)=C(Nc2ccc(C(=O)Oc3ccccc3C(C)(C)C)cc2)C1=O. The van der Waals surface area contributed by atoms with Crippen LogP contribution < -0.4 is 15.0 Å². The molecule has 1 N–H and O–H groups in total. The van der Waals surface area contributed by atoms with Crippen LogP contribution in [0.4, 0.5) is 11.4 Å². The zero-order valence-corrected chi connectivity index (χ0v) is 22.0. The predicted molar refractivity (Wildman–Crippen MR) is 143 cm³/mol. The molecule has 194 valence electrons. The van der Waals surface area contributed by atoms with Gasteiger partial charge < -0.3 is 14.8 Å². The lowest BCUT2D eigenvalue weighted by Crippen LogP contribution is -2.33. The summed E-state index contributed by atoms with van der Waals surface area (Å²) in [5.74, 6) is -2.28. The van der Waals surface area contributed by atoms with Gasteiger partial charge in [0.1, 0.15) is 16.5 Å². The van der Waals surface area contributed by atoms with Crippen LogP contribution in [0.5, 0.6) is 5.75 Å². The van der Waals surface area contributed by atoms with Crippen LogP contribution in [-0.2, 0) is 19.7 Å². The van der Waals surface area contributed by atoms with E-state index in [1.807, 2.05) is 32.9 Å². The number of imide groups is 1. The van der Waals surface area contributed by atoms with Gasteiger partial charge in [0.05, 0.1) is 23.9 Å². The van der Waals surface area contributed by atoms with Crippen molar-refractivity contribution in [3.63, 3.8) is 0 Å². The molecule has 1 heterocycles. The van der Waals surface area contributed by atoms with Crippen molar-refractivity contribution in [1.82, 2.24) is 0 Å². The maximum atomic E-state index is 13.2. The fraction of sp³-hybridized carbons (Fsp3) is 0.172. The molecule has 0 saturated carbocycles. The van der Waals surface area contributed by atoms with Gasteiger partial charge >= 0.3 is 11.9 Å². The Bertz CT molecular complexity index is 1470. The van der Waals surface area contributed by atoms with Crippen LogP contribution in [0.15, 0.2) is 83.5 Å². The minimum atomic E-state index is -0.784. The highest BCUT2D eigenvalue weighted by Gasteiger charge is 2.40. The molecule has 0 radical (unpaired) electrons. The molecule has 3 aromatic carbocycles. The molecule has 0 unspecified atom stereocenters. The Morgan fingerprint density at radius 1 is 0.842 bits per heavy atom. The molecule has 3 aromatic rings. The van der Waals surface area contributed by atoms with E-state index in [1.54, 1.807) is 36.4 Å². The molecule has 9 heteroatoms. The van der Waals surface area contributed by atoms with Gasteiger partial charge in [0.2, 0.25) is 0 Å². The molecule has 8 nitrogen and oxygen atoms in total. The Hall–Kier alpha value is -4.43. The predicted octanol–water partition coefficient (Wildman–Crippen LogP) is 5.43. The first-order valence-electron chi connectivity index (χ1n) is 11.7. The van der Waals surface area contributed by atoms with E-state index in [1.165, 1.54) is 31.4 Å². The third-order valence-electron chi connectivity index (χ3n) is 5.87. The lowest BCUT2D eigenvalue weighted by atomic mass is 9.86. The Kier molecular flexibility index (Phi) is 7.37. The molecule has 2 amide bonds. The van der Waals surface area contributed by atoms with Gasteiger partial charge in [0.15, 0.2) is 0 Å². The highest BCUT2D eigenvalue weighted by molar-refractivity contribution is 6.53. The third-order valence-corrected chi connectivity index (χ3v) is 6.22. The molecule has 0 aromatic heterocycles. The molecule has 4 rings (SSSR count). The standard InChI is InChI=1S/C29H25ClN2O6/c1-29(2,3)20-10-6-8-12-22(20)38-27(35)17-13-15-18(16-14-17)31-24-23(30)25(33)32(26(24)34)21-11-7-5-9-19(21)28(36)37-4/h5-16,31H,1-4H3. The van der Waals surface area contributed by atoms with Crippen molar-refractivity contribution in [3.8, 4) is 5.75 Å². The molecule has 0 bridgehead atoms. The molecular formula is C29H25ClN2O6. The fourth-order valence-electron chi connectivity index (χ4n) is 3.95. The van der Waals surface area contributed by atoms with E-state index in [4.69, 9.17) is 21.1 Å². The summed E-state index contributed by atoms with van der Waals surface area (Å²) in [6, 6.07) is 19.6. The fourth-order valence-corrected chi connectivity index (χ4v) is 4.16. The van der Waals surface area contributed by atoms with Crippen LogP contribution in [0, 0.1) is 0 Å². The number of anilines is 2. The summed E-state index contributed by atoms with van der Waals surface area (Å²) in [5, 5.41) is 2.51. The van der Waals surface area contributed by atoms with Gasteiger partial charge in [-0.1, -0.05) is 62.7 Å². The number of hydrogen-bond donors (Lipinski definition) is 1. The van der Waals surface area contributed by atoms with Crippen LogP contribution in [0.3, 0.4) is 0 Å². The maximum absolute atomic E-state index is 13.2. The second kappa shape index (κ2) is 10.5. The number of nitrogens with zero attached hydrogens (tertiary/aromatic N) is 1. The molecule has 0 saturated heterocycles. The van der Waals surface area contributed by atoms with Crippen LogP contribution in [0.1, 0.15) is 47.1 Å². The van der Waals surface area contributed by atoms with Crippen molar-refractivity contribution >= 4 is 46.7 Å². The lowest BCUT2D eigenvalue weighted by Gasteiger charge is -2.22. The van der Waals surface area contributed by atoms with Gasteiger partial charge in [-0.3, -0.25) is 9.59 Å². The summed E-state index contributed by atoms with van der Waals surface area (Å²) >= 11 is 6.22. The number of rotatable bonds is 6. The minimum Gasteiger partial charge on any atom is -0.465 e. The zero-order valence-electron chi connectivity index (χ0n) is 21.2. The number of halogens is 1. The van der Waals surface area contributed by atoms with Crippen molar-refractivity contribution < 1.29 is 28.7 Å². The van der Waals surface area contributed by atoms with Gasteiger partial charge in [0.25, 0.3) is 11.8 Å². The van der Waals surface area contributed by atoms with E-state index in [-0.39, 0.29) is 27.4 Å². The van der Waals surface area contributed by atoms with E-state index >= 15 is 0 Å². The van der Waals surface area contributed by atoms with Crippen molar-refractivity contribution in [1.29, 1.82) is 0 Å². The number of methoxy groups -OCH3 is 1. The molecule has 0 aliphatic carbocycles. The smallest absolute Gasteiger partial charge is 0.343 e. The lowest BCUT2D eigenvalue weighted by molar-refractivity contribution is -0.120. The van der Waals surface area contributed by atoms with E-state index in [9.17, 15) is 19.2 Å². The van der Waals surface area contributed by atoms with E-state index in [0.29, 0.717) is 17.0 Å². The van der Waals surface area contributed by atoms with Gasteiger partial charge in [-0.2, -0.15) is 0 Å². The van der Waals surface area contributed by atoms with Gasteiger partial charge in [-0.05, 0) is 47.9 Å². The van der Waals surface area contributed by atoms with Crippen molar-refractivity contribution in [2.24, 2.45) is 0 Å². The van der Waals surface area contributed by atoms with Crippen molar-refractivity contribution in [2.45, 2.75) is 26.2 Å². The number of amides is 2. The first kappa shape index (κ1) is 26.6. The van der Waals surface area contributed by atoms with E-state index in [0.717, 1.165) is 10.5 Å². The molecule has 0 spiro atoms. The minimum absolute atomic E-state index is 0.0401. The summed E-state index contributed by atoms with van der Waals surface area (Å²) in [6.07, 6.45) is 0. The molecule has 38 heavy (non-hydrogen) atoms.